The Morgan fingerprint density at radius 1 is 1.15 bits per heavy atom. The number of carbonyl (C=O) groups is 1. The molecular formula is C9H4F7NO2S. The van der Waals surface area contributed by atoms with Gasteiger partial charge in [-0.3, -0.25) is 0 Å². The zero-order valence-electron chi connectivity index (χ0n) is 9.13. The minimum atomic E-state index is -5.80. The zero-order chi connectivity index (χ0) is 15.6. The topological polar surface area (TPSA) is 39.2 Å². The Morgan fingerprint density at radius 3 is 2.05 bits per heavy atom. The van der Waals surface area contributed by atoms with Gasteiger partial charge in [-0.05, 0) is 12.1 Å². The smallest absolute Gasteiger partial charge is 0.434 e. The van der Waals surface area contributed by atoms with Crippen LogP contribution in [0.5, 0.6) is 0 Å². The maximum Gasteiger partial charge on any atom is 0.434 e. The molecule has 0 aliphatic rings. The van der Waals surface area contributed by atoms with E-state index in [0.717, 1.165) is 12.1 Å². The second kappa shape index (κ2) is 5.85. The number of alkyl halides is 6. The second-order valence-corrected chi connectivity index (χ2v) is 3.90. The summed E-state index contributed by atoms with van der Waals surface area (Å²) in [5, 5.41) is -0.218. The van der Waals surface area contributed by atoms with Gasteiger partial charge >= 0.3 is 18.3 Å². The van der Waals surface area contributed by atoms with Gasteiger partial charge in [0.1, 0.15) is 17.2 Å². The van der Waals surface area contributed by atoms with E-state index >= 15 is 0 Å². The van der Waals surface area contributed by atoms with Crippen LogP contribution in [0.3, 0.4) is 0 Å². The highest BCUT2D eigenvalue weighted by Crippen LogP contribution is 2.36. The van der Waals surface area contributed by atoms with Gasteiger partial charge in [-0.15, -0.1) is 0 Å². The molecule has 0 spiro atoms. The van der Waals surface area contributed by atoms with Crippen LogP contribution in [-0.2, 0) is 4.74 Å². The van der Waals surface area contributed by atoms with Crippen molar-refractivity contribution in [1.82, 2.24) is 4.98 Å². The monoisotopic (exact) mass is 323 g/mol. The van der Waals surface area contributed by atoms with Crippen LogP contribution in [0, 0.1) is 0 Å². The van der Waals surface area contributed by atoms with E-state index in [1.54, 1.807) is 0 Å². The third-order valence-corrected chi connectivity index (χ3v) is 2.27. The number of hydrogen-bond acceptors (Lipinski definition) is 4. The van der Waals surface area contributed by atoms with Gasteiger partial charge in [0.25, 0.3) is 6.10 Å². The van der Waals surface area contributed by atoms with Crippen LogP contribution < -0.4 is 0 Å². The lowest BCUT2D eigenvalue weighted by Crippen LogP contribution is -2.45. The largest absolute Gasteiger partial charge is 0.439 e. The first-order chi connectivity index (χ1) is 9.05. The molecule has 112 valence electrons. The minimum Gasteiger partial charge on any atom is -0.439 e. The average molecular weight is 323 g/mol. The van der Waals surface area contributed by atoms with E-state index in [4.69, 9.17) is 0 Å². The highest BCUT2D eigenvalue weighted by Gasteiger charge is 2.59. The zero-order valence-corrected chi connectivity index (χ0v) is 9.94. The van der Waals surface area contributed by atoms with E-state index in [1.807, 2.05) is 0 Å². The lowest BCUT2D eigenvalue weighted by atomic mass is 10.3. The molecule has 0 radical (unpaired) electrons. The summed E-state index contributed by atoms with van der Waals surface area (Å²) in [6.07, 6.45) is -15.2. The molecule has 0 fully saturated rings. The van der Waals surface area contributed by atoms with E-state index in [2.05, 4.69) is 9.72 Å². The highest BCUT2D eigenvalue weighted by molar-refractivity contribution is 7.94. The van der Waals surface area contributed by atoms with Crippen molar-refractivity contribution < 1.29 is 39.8 Å². The van der Waals surface area contributed by atoms with Crippen molar-refractivity contribution in [2.45, 2.75) is 23.5 Å². The number of carbonyl (C=O) groups excluding carboxylic acids is 1. The molecular weight excluding hydrogens is 319 g/mol. The quantitative estimate of drug-likeness (QED) is 0.628. The van der Waals surface area contributed by atoms with Gasteiger partial charge in [-0.1, -0.05) is 0 Å². The molecule has 0 amide bonds. The van der Waals surface area contributed by atoms with Gasteiger partial charge in [-0.25, -0.2) is 9.78 Å². The van der Waals surface area contributed by atoms with Crippen molar-refractivity contribution in [1.29, 1.82) is 0 Å². The fourth-order valence-electron chi connectivity index (χ4n) is 1.04. The molecule has 0 aliphatic carbocycles. The molecule has 1 aromatic rings. The van der Waals surface area contributed by atoms with Gasteiger partial charge in [-0.2, -0.15) is 30.2 Å². The SMILES string of the molecule is O=C(OC(C(F)(F)F)C(F)(F)F)c1ccc(SF)nc1. The van der Waals surface area contributed by atoms with Crippen LogP contribution in [0.15, 0.2) is 23.4 Å². The minimum absolute atomic E-state index is 0.218. The van der Waals surface area contributed by atoms with E-state index in [1.165, 1.54) is 0 Å². The van der Waals surface area contributed by atoms with Gasteiger partial charge in [0, 0.05) is 6.20 Å². The molecule has 0 unspecified atom stereocenters. The number of pyridine rings is 1. The summed E-state index contributed by atoms with van der Waals surface area (Å²) in [5.74, 6) is -1.87. The molecule has 0 atom stereocenters. The maximum absolute atomic E-state index is 12.1. The molecule has 1 heterocycles. The van der Waals surface area contributed by atoms with Crippen molar-refractivity contribution in [3.8, 4) is 0 Å². The lowest BCUT2D eigenvalue weighted by Gasteiger charge is -2.22. The average Bonchev–Trinajstić information content (AvgIpc) is 2.33. The summed E-state index contributed by atoms with van der Waals surface area (Å²) in [7, 11) is 0. The number of nitrogens with zero attached hydrogens (tertiary/aromatic N) is 1. The third-order valence-electron chi connectivity index (χ3n) is 1.87. The van der Waals surface area contributed by atoms with Crippen molar-refractivity contribution in [2.24, 2.45) is 0 Å². The summed E-state index contributed by atoms with van der Waals surface area (Å²) >= 11 is -0.312. The Labute approximate surface area is 111 Å². The van der Waals surface area contributed by atoms with Crippen molar-refractivity contribution in [2.75, 3.05) is 0 Å². The molecule has 3 nitrogen and oxygen atoms in total. The van der Waals surface area contributed by atoms with Gasteiger partial charge in [0.15, 0.2) is 0 Å². The number of rotatable bonds is 3. The first-order valence-corrected chi connectivity index (χ1v) is 5.36. The highest BCUT2D eigenvalue weighted by atomic mass is 32.2. The number of hydrogen-bond donors (Lipinski definition) is 0. The van der Waals surface area contributed by atoms with Gasteiger partial charge < -0.3 is 4.74 Å². The summed E-state index contributed by atoms with van der Waals surface area (Å²) < 4.78 is 88.3. The van der Waals surface area contributed by atoms with E-state index in [-0.39, 0.29) is 17.2 Å². The van der Waals surface area contributed by atoms with E-state index < -0.39 is 30.0 Å². The van der Waals surface area contributed by atoms with Crippen molar-refractivity contribution in [3.05, 3.63) is 23.9 Å². The molecule has 20 heavy (non-hydrogen) atoms. The molecule has 1 rings (SSSR count). The maximum atomic E-state index is 12.1. The number of ether oxygens (including phenoxy) is 1. The number of halogens is 7. The number of esters is 1. The molecule has 0 saturated heterocycles. The Morgan fingerprint density at radius 2 is 1.70 bits per heavy atom. The van der Waals surface area contributed by atoms with Crippen LogP contribution in [-0.4, -0.2) is 29.4 Å². The lowest BCUT2D eigenvalue weighted by molar-refractivity contribution is -0.307. The van der Waals surface area contributed by atoms with Crippen molar-refractivity contribution >= 4 is 18.1 Å². The molecule has 11 heteroatoms. The fourth-order valence-corrected chi connectivity index (χ4v) is 1.25. The third kappa shape index (κ3) is 4.25. The normalized spacial score (nSPS) is 12.6. The fraction of sp³-hybridized carbons (Fsp3) is 0.333. The summed E-state index contributed by atoms with van der Waals surface area (Å²) in [6, 6.07) is 1.69. The van der Waals surface area contributed by atoms with Crippen LogP contribution >= 0.6 is 12.1 Å². The molecule has 0 N–H and O–H groups in total. The molecule has 0 aliphatic heterocycles. The Kier molecular flexibility index (Phi) is 4.84. The van der Waals surface area contributed by atoms with Crippen LogP contribution in [0.25, 0.3) is 0 Å². The first-order valence-electron chi connectivity index (χ1n) is 4.64. The molecule has 0 aromatic carbocycles. The van der Waals surface area contributed by atoms with Crippen LogP contribution in [0.1, 0.15) is 10.4 Å². The predicted octanol–water partition coefficient (Wildman–Crippen LogP) is 3.71. The number of aromatic nitrogens is 1. The van der Waals surface area contributed by atoms with Crippen molar-refractivity contribution in [3.63, 3.8) is 0 Å². The van der Waals surface area contributed by atoms with Crippen LogP contribution in [0.4, 0.5) is 30.2 Å². The predicted molar refractivity (Wildman–Crippen MR) is 52.5 cm³/mol. The molecule has 0 saturated carbocycles. The first kappa shape index (κ1) is 16.5. The van der Waals surface area contributed by atoms with Gasteiger partial charge in [0.2, 0.25) is 0 Å². The standard InChI is InChI=1S/C9H4F7NO2S/c10-8(11,12)7(9(13,14)15)19-6(18)4-1-2-5(20-16)17-3-4/h1-3,7H. The Hall–Kier alpha value is -1.52. The Balaban J connectivity index is 2.91. The summed E-state index contributed by atoms with van der Waals surface area (Å²) in [5.41, 5.74) is -0.665. The van der Waals surface area contributed by atoms with E-state index in [9.17, 15) is 35.0 Å². The van der Waals surface area contributed by atoms with Gasteiger partial charge in [0.05, 0.1) is 5.56 Å². The Bertz CT molecular complexity index is 457. The molecule has 0 bridgehead atoms. The van der Waals surface area contributed by atoms with Crippen LogP contribution in [0.2, 0.25) is 0 Å². The summed E-state index contributed by atoms with van der Waals surface area (Å²) in [6.45, 7) is 0. The second-order valence-electron chi connectivity index (χ2n) is 3.33. The molecule has 1 aromatic heterocycles. The van der Waals surface area contributed by atoms with E-state index in [0.29, 0.717) is 6.20 Å². The summed E-state index contributed by atoms with van der Waals surface area (Å²) in [4.78, 5) is 14.5.